The molecule has 0 radical (unpaired) electrons. The first-order valence-electron chi connectivity index (χ1n) is 7.76. The van der Waals surface area contributed by atoms with E-state index in [4.69, 9.17) is 0 Å². The Morgan fingerprint density at radius 1 is 1.38 bits per heavy atom. The number of aryl methyl sites for hydroxylation is 3. The molecule has 1 atom stereocenters. The fourth-order valence-corrected chi connectivity index (χ4v) is 4.92. The van der Waals surface area contributed by atoms with E-state index in [2.05, 4.69) is 34.7 Å². The van der Waals surface area contributed by atoms with Gasteiger partial charge in [-0.05, 0) is 65.2 Å². The number of sulfone groups is 1. The summed E-state index contributed by atoms with van der Waals surface area (Å²) in [7, 11) is -0.613. The van der Waals surface area contributed by atoms with Crippen LogP contribution in [0, 0.1) is 19.8 Å². The van der Waals surface area contributed by atoms with E-state index in [0.29, 0.717) is 17.4 Å². The highest BCUT2D eigenvalue weighted by molar-refractivity contribution is 7.91. The average Bonchev–Trinajstić information content (AvgIpc) is 2.89. The summed E-state index contributed by atoms with van der Waals surface area (Å²) in [6.45, 7) is 7.06. The standard InChI is InChI=1S/C15H27N3O2S/c1-13-11-14(2)18(16-13)8-4-7-17(3)9-5-15-6-10-21(19,20)12-15/h11,15H,4-10,12H2,1-3H3/t15-/m1/s1. The first-order valence-corrected chi connectivity index (χ1v) is 9.58. The van der Waals surface area contributed by atoms with E-state index in [1.807, 2.05) is 6.92 Å². The van der Waals surface area contributed by atoms with Crippen LogP contribution in [-0.4, -0.2) is 54.7 Å². The lowest BCUT2D eigenvalue weighted by Crippen LogP contribution is -2.24. The molecule has 1 fully saturated rings. The van der Waals surface area contributed by atoms with Crippen molar-refractivity contribution in [2.24, 2.45) is 5.92 Å². The fourth-order valence-electron chi connectivity index (χ4n) is 3.01. The summed E-state index contributed by atoms with van der Waals surface area (Å²) in [4.78, 5) is 2.30. The van der Waals surface area contributed by atoms with Crippen molar-refractivity contribution < 1.29 is 8.42 Å². The Morgan fingerprint density at radius 3 is 2.71 bits per heavy atom. The van der Waals surface area contributed by atoms with Crippen molar-refractivity contribution in [1.29, 1.82) is 0 Å². The maximum absolute atomic E-state index is 11.4. The summed E-state index contributed by atoms with van der Waals surface area (Å²) >= 11 is 0. The van der Waals surface area contributed by atoms with Crippen molar-refractivity contribution in [2.45, 2.75) is 39.7 Å². The first kappa shape index (κ1) is 16.5. The van der Waals surface area contributed by atoms with E-state index in [1.54, 1.807) is 0 Å². The number of rotatable bonds is 7. The third-order valence-corrected chi connectivity index (χ3v) is 6.10. The van der Waals surface area contributed by atoms with Gasteiger partial charge in [0, 0.05) is 12.2 Å². The highest BCUT2D eigenvalue weighted by atomic mass is 32.2. The minimum atomic E-state index is -2.73. The molecular weight excluding hydrogens is 286 g/mol. The lowest BCUT2D eigenvalue weighted by atomic mass is 10.1. The Balaban J connectivity index is 1.64. The Morgan fingerprint density at radius 2 is 2.14 bits per heavy atom. The molecule has 2 heterocycles. The lowest BCUT2D eigenvalue weighted by molar-refractivity contribution is 0.294. The maximum atomic E-state index is 11.4. The molecule has 2 rings (SSSR count). The molecule has 0 unspecified atom stereocenters. The second-order valence-electron chi connectivity index (χ2n) is 6.36. The van der Waals surface area contributed by atoms with Gasteiger partial charge in [0.2, 0.25) is 0 Å². The molecule has 0 amide bonds. The van der Waals surface area contributed by atoms with Crippen LogP contribution in [0.2, 0.25) is 0 Å². The van der Waals surface area contributed by atoms with Gasteiger partial charge in [-0.3, -0.25) is 4.68 Å². The van der Waals surface area contributed by atoms with Crippen molar-refractivity contribution in [3.8, 4) is 0 Å². The molecule has 1 aromatic rings. The maximum Gasteiger partial charge on any atom is 0.150 e. The van der Waals surface area contributed by atoms with Gasteiger partial charge in [-0.15, -0.1) is 0 Å². The highest BCUT2D eigenvalue weighted by Gasteiger charge is 2.27. The molecule has 120 valence electrons. The van der Waals surface area contributed by atoms with Crippen LogP contribution < -0.4 is 0 Å². The minimum Gasteiger partial charge on any atom is -0.306 e. The number of nitrogens with zero attached hydrogens (tertiary/aromatic N) is 3. The van der Waals surface area contributed by atoms with Crippen LogP contribution in [0.15, 0.2) is 6.07 Å². The van der Waals surface area contributed by atoms with E-state index in [9.17, 15) is 8.42 Å². The molecule has 0 bridgehead atoms. The zero-order valence-corrected chi connectivity index (χ0v) is 14.2. The molecule has 0 N–H and O–H groups in total. The van der Waals surface area contributed by atoms with Crippen LogP contribution in [0.25, 0.3) is 0 Å². The molecule has 21 heavy (non-hydrogen) atoms. The summed E-state index contributed by atoms with van der Waals surface area (Å²) in [6, 6.07) is 2.10. The van der Waals surface area contributed by atoms with Gasteiger partial charge in [0.1, 0.15) is 0 Å². The van der Waals surface area contributed by atoms with Crippen molar-refractivity contribution in [3.05, 3.63) is 17.5 Å². The first-order chi connectivity index (χ1) is 9.85. The SMILES string of the molecule is Cc1cc(C)n(CCCN(C)CC[C@@H]2CCS(=O)(=O)C2)n1. The zero-order valence-electron chi connectivity index (χ0n) is 13.4. The van der Waals surface area contributed by atoms with E-state index in [1.165, 1.54) is 5.69 Å². The summed E-state index contributed by atoms with van der Waals surface area (Å²) < 4.78 is 24.9. The van der Waals surface area contributed by atoms with Crippen LogP contribution >= 0.6 is 0 Å². The average molecular weight is 313 g/mol. The molecule has 1 aliphatic heterocycles. The van der Waals surface area contributed by atoms with Gasteiger partial charge in [-0.2, -0.15) is 5.10 Å². The normalized spacial score (nSPS) is 21.2. The lowest BCUT2D eigenvalue weighted by Gasteiger charge is -2.18. The van der Waals surface area contributed by atoms with Gasteiger partial charge < -0.3 is 4.90 Å². The van der Waals surface area contributed by atoms with Gasteiger partial charge in [0.25, 0.3) is 0 Å². The van der Waals surface area contributed by atoms with E-state index >= 15 is 0 Å². The van der Waals surface area contributed by atoms with Crippen molar-refractivity contribution in [3.63, 3.8) is 0 Å². The molecule has 1 aliphatic rings. The summed E-state index contributed by atoms with van der Waals surface area (Å²) in [6.07, 6.45) is 2.92. The van der Waals surface area contributed by atoms with Gasteiger partial charge in [0.05, 0.1) is 17.2 Å². The third kappa shape index (κ3) is 5.11. The number of hydrogen-bond acceptors (Lipinski definition) is 4. The molecule has 0 aliphatic carbocycles. The fraction of sp³-hybridized carbons (Fsp3) is 0.800. The molecular formula is C15H27N3O2S. The molecule has 1 aromatic heterocycles. The van der Waals surface area contributed by atoms with Gasteiger partial charge in [0.15, 0.2) is 9.84 Å². The summed E-state index contributed by atoms with van der Waals surface area (Å²) in [5.41, 5.74) is 2.29. The summed E-state index contributed by atoms with van der Waals surface area (Å²) in [5.74, 6) is 1.15. The molecule has 0 spiro atoms. The minimum absolute atomic E-state index is 0.369. The van der Waals surface area contributed by atoms with Gasteiger partial charge in [-0.1, -0.05) is 0 Å². The van der Waals surface area contributed by atoms with Crippen LogP contribution in [0.4, 0.5) is 0 Å². The second-order valence-corrected chi connectivity index (χ2v) is 8.59. The van der Waals surface area contributed by atoms with Crippen LogP contribution in [0.5, 0.6) is 0 Å². The van der Waals surface area contributed by atoms with Gasteiger partial charge in [-0.25, -0.2) is 8.42 Å². The Labute approximate surface area is 128 Å². The molecule has 5 nitrogen and oxygen atoms in total. The topological polar surface area (TPSA) is 55.2 Å². The Hall–Kier alpha value is -0.880. The Bertz CT molecular complexity index is 565. The summed E-state index contributed by atoms with van der Waals surface area (Å²) in [5, 5.41) is 4.46. The molecule has 0 saturated carbocycles. The van der Waals surface area contributed by atoms with E-state index in [-0.39, 0.29) is 0 Å². The van der Waals surface area contributed by atoms with Crippen molar-refractivity contribution in [2.75, 3.05) is 31.6 Å². The highest BCUT2D eigenvalue weighted by Crippen LogP contribution is 2.21. The monoisotopic (exact) mass is 313 g/mol. The number of hydrogen-bond donors (Lipinski definition) is 0. The smallest absolute Gasteiger partial charge is 0.150 e. The third-order valence-electron chi connectivity index (χ3n) is 4.26. The predicted octanol–water partition coefficient (Wildman–Crippen LogP) is 1.65. The predicted molar refractivity (Wildman–Crippen MR) is 85.2 cm³/mol. The quantitative estimate of drug-likeness (QED) is 0.768. The number of aromatic nitrogens is 2. The molecule has 6 heteroatoms. The van der Waals surface area contributed by atoms with E-state index in [0.717, 1.165) is 44.6 Å². The largest absolute Gasteiger partial charge is 0.306 e. The van der Waals surface area contributed by atoms with Crippen LogP contribution in [0.1, 0.15) is 30.7 Å². The van der Waals surface area contributed by atoms with Crippen molar-refractivity contribution in [1.82, 2.24) is 14.7 Å². The van der Waals surface area contributed by atoms with Crippen LogP contribution in [-0.2, 0) is 16.4 Å². The van der Waals surface area contributed by atoms with E-state index < -0.39 is 9.84 Å². The molecule has 1 saturated heterocycles. The Kier molecular flexibility index (Phi) is 5.43. The molecule has 0 aromatic carbocycles. The van der Waals surface area contributed by atoms with Crippen LogP contribution in [0.3, 0.4) is 0 Å². The zero-order chi connectivity index (χ0) is 15.5. The van der Waals surface area contributed by atoms with Gasteiger partial charge >= 0.3 is 0 Å². The van der Waals surface area contributed by atoms with Crippen molar-refractivity contribution >= 4 is 9.84 Å². The second kappa shape index (κ2) is 6.92.